The maximum absolute atomic E-state index is 13.2. The van der Waals surface area contributed by atoms with Gasteiger partial charge in [0, 0.05) is 11.6 Å². The van der Waals surface area contributed by atoms with Gasteiger partial charge in [0.15, 0.2) is 0 Å². The number of hydrogen-bond donors (Lipinski definition) is 2. The summed E-state index contributed by atoms with van der Waals surface area (Å²) >= 11 is 0. The van der Waals surface area contributed by atoms with Crippen LogP contribution in [0.4, 0.5) is 0 Å². The summed E-state index contributed by atoms with van der Waals surface area (Å²) in [6.07, 6.45) is 1.87. The zero-order chi connectivity index (χ0) is 19.8. The highest BCUT2D eigenvalue weighted by Gasteiger charge is 2.29. The van der Waals surface area contributed by atoms with Crippen molar-refractivity contribution in [1.82, 2.24) is 15.5 Å². The van der Waals surface area contributed by atoms with Crippen molar-refractivity contribution < 1.29 is 19.2 Å². The van der Waals surface area contributed by atoms with Crippen molar-refractivity contribution in [2.45, 2.75) is 45.1 Å². The third kappa shape index (κ3) is 3.47. The zero-order valence-corrected chi connectivity index (χ0v) is 15.7. The smallest absolute Gasteiger partial charge is 0.305 e. The summed E-state index contributed by atoms with van der Waals surface area (Å²) in [7, 11) is 0. The van der Waals surface area contributed by atoms with E-state index in [0.29, 0.717) is 28.3 Å². The Morgan fingerprint density at radius 1 is 1.29 bits per heavy atom. The molecule has 2 N–H and O–H groups in total. The third-order valence-electron chi connectivity index (χ3n) is 5.13. The average Bonchev–Trinajstić information content (AvgIpc) is 3.44. The molecule has 0 aliphatic heterocycles. The third-order valence-corrected chi connectivity index (χ3v) is 5.13. The van der Waals surface area contributed by atoms with Crippen molar-refractivity contribution in [3.8, 4) is 0 Å². The number of rotatable bonds is 6. The second-order valence-corrected chi connectivity index (χ2v) is 7.30. The van der Waals surface area contributed by atoms with E-state index in [1.165, 1.54) is 0 Å². The molecule has 1 fully saturated rings. The summed E-state index contributed by atoms with van der Waals surface area (Å²) in [5, 5.41) is 16.8. The Labute approximate surface area is 161 Å². The van der Waals surface area contributed by atoms with E-state index in [2.05, 4.69) is 15.5 Å². The van der Waals surface area contributed by atoms with Crippen molar-refractivity contribution in [3.05, 3.63) is 58.4 Å². The molecule has 1 amide bonds. The molecular formula is C21H21N3O4. The number of nitrogens with zero attached hydrogens (tertiary/aromatic N) is 2. The summed E-state index contributed by atoms with van der Waals surface area (Å²) in [5.74, 6) is -0.990. The molecule has 1 atom stereocenters. The lowest BCUT2D eigenvalue weighted by atomic mass is 9.98. The number of aromatic nitrogens is 2. The molecule has 144 valence electrons. The average molecular weight is 379 g/mol. The van der Waals surface area contributed by atoms with Gasteiger partial charge in [0.05, 0.1) is 29.1 Å². The number of benzene rings is 1. The number of carbonyl (C=O) groups excluding carboxylic acids is 1. The van der Waals surface area contributed by atoms with Gasteiger partial charge in [-0.1, -0.05) is 29.4 Å². The van der Waals surface area contributed by atoms with Crippen molar-refractivity contribution in [3.63, 3.8) is 0 Å². The summed E-state index contributed by atoms with van der Waals surface area (Å²) in [6.45, 7) is 3.66. The molecule has 2 heterocycles. The lowest BCUT2D eigenvalue weighted by Gasteiger charge is -2.20. The van der Waals surface area contributed by atoms with Crippen molar-refractivity contribution in [2.24, 2.45) is 0 Å². The van der Waals surface area contributed by atoms with E-state index in [4.69, 9.17) is 4.52 Å². The van der Waals surface area contributed by atoms with Gasteiger partial charge in [-0.25, -0.2) is 4.98 Å². The van der Waals surface area contributed by atoms with Crippen LogP contribution in [-0.2, 0) is 4.79 Å². The number of carboxylic acids is 1. The monoisotopic (exact) mass is 379 g/mol. The molecule has 3 aromatic rings. The molecule has 28 heavy (non-hydrogen) atoms. The largest absolute Gasteiger partial charge is 0.481 e. The lowest BCUT2D eigenvalue weighted by molar-refractivity contribution is -0.137. The van der Waals surface area contributed by atoms with E-state index in [1.807, 2.05) is 31.2 Å². The highest BCUT2D eigenvalue weighted by Crippen LogP contribution is 2.40. The first-order valence-corrected chi connectivity index (χ1v) is 9.29. The molecule has 0 radical (unpaired) electrons. The fourth-order valence-electron chi connectivity index (χ4n) is 3.51. The maximum Gasteiger partial charge on any atom is 0.305 e. The van der Waals surface area contributed by atoms with Crippen LogP contribution in [0.15, 0.2) is 34.9 Å². The van der Waals surface area contributed by atoms with E-state index in [9.17, 15) is 14.7 Å². The first kappa shape index (κ1) is 18.2. The number of aryl methyl sites for hydroxylation is 2. The van der Waals surface area contributed by atoms with Crippen molar-refractivity contribution >= 4 is 23.0 Å². The fourth-order valence-corrected chi connectivity index (χ4v) is 3.51. The zero-order valence-electron chi connectivity index (χ0n) is 15.7. The highest BCUT2D eigenvalue weighted by atomic mass is 16.5. The molecule has 1 aliphatic rings. The Morgan fingerprint density at radius 3 is 2.71 bits per heavy atom. The number of fused-ring (bicyclic) bond motifs is 1. The normalized spacial score (nSPS) is 14.8. The van der Waals surface area contributed by atoms with E-state index in [1.54, 1.807) is 13.0 Å². The minimum absolute atomic E-state index is 0.205. The first-order valence-electron chi connectivity index (χ1n) is 9.29. The first-order chi connectivity index (χ1) is 13.4. The molecular weight excluding hydrogens is 358 g/mol. The molecule has 1 aliphatic carbocycles. The van der Waals surface area contributed by atoms with Crippen LogP contribution in [-0.4, -0.2) is 27.1 Å². The fraction of sp³-hybridized carbons (Fsp3) is 0.333. The summed E-state index contributed by atoms with van der Waals surface area (Å²) in [6, 6.07) is 8.60. The number of pyridine rings is 1. The number of hydrogen-bond acceptors (Lipinski definition) is 5. The molecule has 1 unspecified atom stereocenters. The van der Waals surface area contributed by atoms with Gasteiger partial charge >= 0.3 is 5.97 Å². The summed E-state index contributed by atoms with van der Waals surface area (Å²) in [4.78, 5) is 29.1. The second-order valence-electron chi connectivity index (χ2n) is 7.30. The maximum atomic E-state index is 13.2. The van der Waals surface area contributed by atoms with E-state index in [0.717, 1.165) is 29.7 Å². The molecule has 1 saturated carbocycles. The van der Waals surface area contributed by atoms with Gasteiger partial charge in [0.25, 0.3) is 11.6 Å². The minimum Gasteiger partial charge on any atom is -0.481 e. The lowest BCUT2D eigenvalue weighted by Crippen LogP contribution is -2.31. The number of amides is 1. The molecule has 0 bridgehead atoms. The van der Waals surface area contributed by atoms with Gasteiger partial charge in [0.1, 0.15) is 0 Å². The highest BCUT2D eigenvalue weighted by molar-refractivity contribution is 6.06. The standard InChI is InChI=1S/C21H21N3O4/c1-11-5-3-4-6-14(11)17(10-18(25)26)22-20(27)15-9-16(13-7-8-13)23-21-19(15)12(2)24-28-21/h3-6,9,13,17H,7-8,10H2,1-2H3,(H,22,27)(H,25,26). The SMILES string of the molecule is Cc1ccccc1C(CC(=O)O)NC(=O)c1cc(C2CC2)nc2onc(C)c12. The van der Waals surface area contributed by atoms with Crippen molar-refractivity contribution in [2.75, 3.05) is 0 Å². The Bertz CT molecular complexity index is 1070. The quantitative estimate of drug-likeness (QED) is 0.677. The van der Waals surface area contributed by atoms with Crippen LogP contribution in [0.3, 0.4) is 0 Å². The van der Waals surface area contributed by atoms with Crippen LogP contribution in [0.2, 0.25) is 0 Å². The molecule has 1 aromatic carbocycles. The van der Waals surface area contributed by atoms with Crippen LogP contribution in [0.5, 0.6) is 0 Å². The van der Waals surface area contributed by atoms with Crippen LogP contribution in [0.25, 0.3) is 11.1 Å². The van der Waals surface area contributed by atoms with Crippen molar-refractivity contribution in [1.29, 1.82) is 0 Å². The molecule has 2 aromatic heterocycles. The Kier molecular flexibility index (Phi) is 4.58. The minimum atomic E-state index is -0.978. The van der Waals surface area contributed by atoms with Crippen LogP contribution in [0.1, 0.15) is 64.1 Å². The Balaban J connectivity index is 1.72. The number of carboxylic acid groups (broad SMARTS) is 1. The second kappa shape index (κ2) is 7.07. The van der Waals surface area contributed by atoms with Gasteiger partial charge in [0.2, 0.25) is 0 Å². The molecule has 0 spiro atoms. The molecule has 4 rings (SSSR count). The summed E-state index contributed by atoms with van der Waals surface area (Å²) in [5.41, 5.74) is 3.88. The van der Waals surface area contributed by atoms with E-state index >= 15 is 0 Å². The molecule has 7 nitrogen and oxygen atoms in total. The molecule has 0 saturated heterocycles. The van der Waals surface area contributed by atoms with Gasteiger partial charge in [-0.15, -0.1) is 0 Å². The van der Waals surface area contributed by atoms with Crippen LogP contribution < -0.4 is 5.32 Å². The predicted molar refractivity (Wildman–Crippen MR) is 102 cm³/mol. The van der Waals surface area contributed by atoms with Crippen LogP contribution in [0, 0.1) is 13.8 Å². The number of nitrogens with one attached hydrogen (secondary N) is 1. The molecule has 7 heteroatoms. The van der Waals surface area contributed by atoms with E-state index < -0.39 is 12.0 Å². The Hall–Kier alpha value is -3.22. The number of carbonyl (C=O) groups is 2. The Morgan fingerprint density at radius 2 is 2.04 bits per heavy atom. The van der Waals surface area contributed by atoms with Gasteiger partial charge < -0.3 is 14.9 Å². The summed E-state index contributed by atoms with van der Waals surface area (Å²) < 4.78 is 5.30. The van der Waals surface area contributed by atoms with E-state index in [-0.39, 0.29) is 12.3 Å². The van der Waals surface area contributed by atoms with Gasteiger partial charge in [-0.05, 0) is 43.9 Å². The van der Waals surface area contributed by atoms with Gasteiger partial charge in [-0.2, -0.15) is 0 Å². The van der Waals surface area contributed by atoms with Gasteiger partial charge in [-0.3, -0.25) is 9.59 Å². The topological polar surface area (TPSA) is 105 Å². The number of aliphatic carboxylic acids is 1. The predicted octanol–water partition coefficient (Wildman–Crippen LogP) is 3.66. The van der Waals surface area contributed by atoms with Crippen LogP contribution >= 0.6 is 0 Å².